The van der Waals surface area contributed by atoms with E-state index in [1.807, 2.05) is 69.2 Å². The highest BCUT2D eigenvalue weighted by Crippen LogP contribution is 2.41. The molecular formula is C29H31N3O4. The molecule has 7 nitrogen and oxygen atoms in total. The standard InChI is InChI=1S/C29H31N3O4/c1-5-15-36-23-12-13-24(19(2)16-23)27(33)25-26(21-8-10-22(11-9-21)31(3)4)32(29(35)28(25)34)18-20-7-6-14-30-17-20/h6-14,16-17,26,33H,5,15,18H2,1-4H3/t26-/m0/s1. The van der Waals surface area contributed by atoms with Gasteiger partial charge in [-0.05, 0) is 66.4 Å². The van der Waals surface area contributed by atoms with E-state index in [0.717, 1.165) is 28.8 Å². The second-order valence-electron chi connectivity index (χ2n) is 9.10. The fourth-order valence-corrected chi connectivity index (χ4v) is 4.39. The number of pyridine rings is 1. The maximum Gasteiger partial charge on any atom is 0.295 e. The number of ketones is 1. The number of aromatic nitrogens is 1. The van der Waals surface area contributed by atoms with Gasteiger partial charge in [-0.25, -0.2) is 0 Å². The van der Waals surface area contributed by atoms with Crippen molar-refractivity contribution >= 4 is 23.1 Å². The Hall–Kier alpha value is -4.13. The highest BCUT2D eigenvalue weighted by molar-refractivity contribution is 6.46. The lowest BCUT2D eigenvalue weighted by molar-refractivity contribution is -0.140. The fraction of sp³-hybridized carbons (Fsp3) is 0.276. The molecule has 1 saturated heterocycles. The molecule has 1 atom stereocenters. The molecule has 0 radical (unpaired) electrons. The highest BCUT2D eigenvalue weighted by Gasteiger charge is 2.46. The predicted molar refractivity (Wildman–Crippen MR) is 140 cm³/mol. The van der Waals surface area contributed by atoms with Crippen LogP contribution in [-0.4, -0.2) is 47.4 Å². The van der Waals surface area contributed by atoms with E-state index in [4.69, 9.17) is 4.74 Å². The van der Waals surface area contributed by atoms with E-state index < -0.39 is 17.7 Å². The van der Waals surface area contributed by atoms with Gasteiger partial charge >= 0.3 is 0 Å². The van der Waals surface area contributed by atoms with E-state index in [0.29, 0.717) is 17.9 Å². The molecule has 1 aliphatic heterocycles. The molecular weight excluding hydrogens is 454 g/mol. The lowest BCUT2D eigenvalue weighted by Gasteiger charge is -2.26. The van der Waals surface area contributed by atoms with Gasteiger partial charge in [0.15, 0.2) is 0 Å². The number of hydrogen-bond donors (Lipinski definition) is 1. The minimum Gasteiger partial charge on any atom is -0.507 e. The number of nitrogens with zero attached hydrogens (tertiary/aromatic N) is 3. The first-order valence-corrected chi connectivity index (χ1v) is 12.0. The molecule has 2 aromatic carbocycles. The summed E-state index contributed by atoms with van der Waals surface area (Å²) >= 11 is 0. The van der Waals surface area contributed by atoms with Gasteiger partial charge in [-0.3, -0.25) is 14.6 Å². The first kappa shape index (κ1) is 25.0. The zero-order chi connectivity index (χ0) is 25.8. The molecule has 186 valence electrons. The van der Waals surface area contributed by atoms with Crippen LogP contribution < -0.4 is 9.64 Å². The summed E-state index contributed by atoms with van der Waals surface area (Å²) in [6.07, 6.45) is 4.21. The Bertz CT molecular complexity index is 1280. The number of likely N-dealkylation sites (tertiary alicyclic amines) is 1. The normalized spacial score (nSPS) is 16.9. The molecule has 36 heavy (non-hydrogen) atoms. The number of aryl methyl sites for hydroxylation is 1. The van der Waals surface area contributed by atoms with Crippen molar-refractivity contribution in [3.63, 3.8) is 0 Å². The van der Waals surface area contributed by atoms with Gasteiger partial charge in [0.1, 0.15) is 11.5 Å². The number of aliphatic hydroxyl groups is 1. The molecule has 1 aromatic heterocycles. The number of hydrogen-bond acceptors (Lipinski definition) is 6. The second-order valence-corrected chi connectivity index (χ2v) is 9.10. The monoisotopic (exact) mass is 485 g/mol. The molecule has 0 aliphatic carbocycles. The average molecular weight is 486 g/mol. The molecule has 0 saturated carbocycles. The first-order chi connectivity index (χ1) is 17.3. The Morgan fingerprint density at radius 3 is 2.47 bits per heavy atom. The van der Waals surface area contributed by atoms with Crippen molar-refractivity contribution in [2.45, 2.75) is 32.9 Å². The summed E-state index contributed by atoms with van der Waals surface area (Å²) in [7, 11) is 3.89. The van der Waals surface area contributed by atoms with Crippen LogP contribution in [0.3, 0.4) is 0 Å². The SMILES string of the molecule is CCCOc1ccc(C(O)=C2C(=O)C(=O)N(Cc3cccnc3)[C@H]2c2ccc(N(C)C)cc2)c(C)c1. The van der Waals surface area contributed by atoms with Gasteiger partial charge in [0.25, 0.3) is 11.7 Å². The van der Waals surface area contributed by atoms with Crippen molar-refractivity contribution in [1.82, 2.24) is 9.88 Å². The molecule has 0 spiro atoms. The zero-order valence-corrected chi connectivity index (χ0v) is 21.1. The first-order valence-electron chi connectivity index (χ1n) is 12.0. The van der Waals surface area contributed by atoms with E-state index in [9.17, 15) is 14.7 Å². The Morgan fingerprint density at radius 1 is 1.11 bits per heavy atom. The third-order valence-corrected chi connectivity index (χ3v) is 6.27. The van der Waals surface area contributed by atoms with E-state index in [2.05, 4.69) is 4.98 Å². The van der Waals surface area contributed by atoms with Crippen LogP contribution in [0.25, 0.3) is 5.76 Å². The Balaban J connectivity index is 1.82. The number of benzene rings is 2. The van der Waals surface area contributed by atoms with Gasteiger partial charge in [-0.2, -0.15) is 0 Å². The molecule has 4 rings (SSSR count). The summed E-state index contributed by atoms with van der Waals surface area (Å²) in [5.74, 6) is -0.853. The highest BCUT2D eigenvalue weighted by atomic mass is 16.5. The summed E-state index contributed by atoms with van der Waals surface area (Å²) in [5.41, 5.74) is 3.84. The molecule has 1 aliphatic rings. The lowest BCUT2D eigenvalue weighted by Crippen LogP contribution is -2.29. The minimum absolute atomic E-state index is 0.0758. The molecule has 7 heteroatoms. The summed E-state index contributed by atoms with van der Waals surface area (Å²) in [4.78, 5) is 34.2. The Labute approximate surface area is 211 Å². The van der Waals surface area contributed by atoms with Gasteiger partial charge < -0.3 is 19.6 Å². The van der Waals surface area contributed by atoms with Crippen molar-refractivity contribution in [2.24, 2.45) is 0 Å². The molecule has 3 aromatic rings. The molecule has 1 amide bonds. The maximum atomic E-state index is 13.3. The summed E-state index contributed by atoms with van der Waals surface area (Å²) in [6.45, 7) is 4.66. The van der Waals surface area contributed by atoms with Crippen LogP contribution >= 0.6 is 0 Å². The van der Waals surface area contributed by atoms with Crippen molar-refractivity contribution < 1.29 is 19.4 Å². The van der Waals surface area contributed by atoms with E-state index in [-0.39, 0.29) is 17.9 Å². The predicted octanol–water partition coefficient (Wildman–Crippen LogP) is 4.87. The number of amides is 1. The number of ether oxygens (including phenoxy) is 1. The van der Waals surface area contributed by atoms with E-state index in [1.54, 1.807) is 30.6 Å². The number of carbonyl (C=O) groups is 2. The Kier molecular flexibility index (Phi) is 7.38. The molecule has 1 fully saturated rings. The van der Waals surface area contributed by atoms with Crippen LogP contribution in [0, 0.1) is 6.92 Å². The molecule has 1 N–H and O–H groups in total. The number of Topliss-reactive ketones (excluding diaryl/α,β-unsaturated/α-hetero) is 1. The van der Waals surface area contributed by atoms with Crippen LogP contribution in [0.4, 0.5) is 5.69 Å². The summed E-state index contributed by atoms with van der Waals surface area (Å²) in [6, 6.07) is 15.9. The third kappa shape index (κ3) is 4.96. The summed E-state index contributed by atoms with van der Waals surface area (Å²) < 4.78 is 5.70. The number of aliphatic hydroxyl groups excluding tert-OH is 1. The molecule has 0 unspecified atom stereocenters. The summed E-state index contributed by atoms with van der Waals surface area (Å²) in [5, 5.41) is 11.4. The van der Waals surface area contributed by atoms with Crippen molar-refractivity contribution in [3.8, 4) is 5.75 Å². The zero-order valence-electron chi connectivity index (χ0n) is 21.1. The topological polar surface area (TPSA) is 83.0 Å². The van der Waals surface area contributed by atoms with E-state index >= 15 is 0 Å². The molecule has 2 heterocycles. The van der Waals surface area contributed by atoms with Crippen LogP contribution in [0.15, 0.2) is 72.6 Å². The van der Waals surface area contributed by atoms with Crippen LogP contribution in [0.5, 0.6) is 5.75 Å². The quantitative estimate of drug-likeness (QED) is 0.279. The smallest absolute Gasteiger partial charge is 0.295 e. The van der Waals surface area contributed by atoms with Crippen LogP contribution in [-0.2, 0) is 16.1 Å². The Morgan fingerprint density at radius 2 is 1.86 bits per heavy atom. The fourth-order valence-electron chi connectivity index (χ4n) is 4.39. The number of anilines is 1. The lowest BCUT2D eigenvalue weighted by atomic mass is 9.93. The van der Waals surface area contributed by atoms with Crippen molar-refractivity contribution in [3.05, 3.63) is 94.8 Å². The largest absolute Gasteiger partial charge is 0.507 e. The van der Waals surface area contributed by atoms with Crippen molar-refractivity contribution in [1.29, 1.82) is 0 Å². The van der Waals surface area contributed by atoms with Gasteiger partial charge in [0.05, 0.1) is 18.2 Å². The minimum atomic E-state index is -0.739. The second kappa shape index (κ2) is 10.6. The van der Waals surface area contributed by atoms with E-state index in [1.165, 1.54) is 4.90 Å². The third-order valence-electron chi connectivity index (χ3n) is 6.27. The van der Waals surface area contributed by atoms with Gasteiger partial charge in [0.2, 0.25) is 0 Å². The average Bonchev–Trinajstić information content (AvgIpc) is 3.12. The van der Waals surface area contributed by atoms with Crippen molar-refractivity contribution in [2.75, 3.05) is 25.6 Å². The van der Waals surface area contributed by atoms with Crippen LogP contribution in [0.1, 0.15) is 41.6 Å². The van der Waals surface area contributed by atoms with Gasteiger partial charge in [0, 0.05) is 44.3 Å². The number of carbonyl (C=O) groups excluding carboxylic acids is 2. The molecule has 0 bridgehead atoms. The van der Waals surface area contributed by atoms with Gasteiger partial charge in [-0.15, -0.1) is 0 Å². The maximum absolute atomic E-state index is 13.3. The number of rotatable bonds is 8. The van der Waals surface area contributed by atoms with Gasteiger partial charge in [-0.1, -0.05) is 25.1 Å². The van der Waals surface area contributed by atoms with Crippen LogP contribution in [0.2, 0.25) is 0 Å².